The van der Waals surface area contributed by atoms with Crippen LogP contribution < -0.4 is 5.32 Å². The van der Waals surface area contributed by atoms with Crippen molar-refractivity contribution in [2.45, 2.75) is 38.5 Å². The number of hydrogen-bond acceptors (Lipinski definition) is 4. The minimum atomic E-state index is -0.176. The lowest BCUT2D eigenvalue weighted by molar-refractivity contribution is -0.140. The summed E-state index contributed by atoms with van der Waals surface area (Å²) in [6, 6.07) is 5.38. The molecule has 0 spiro atoms. The molecule has 0 saturated heterocycles. The van der Waals surface area contributed by atoms with Crippen molar-refractivity contribution in [2.75, 3.05) is 5.32 Å². The molecule has 136 valence electrons. The summed E-state index contributed by atoms with van der Waals surface area (Å²) >= 11 is 13.4. The van der Waals surface area contributed by atoms with Crippen molar-refractivity contribution in [1.82, 2.24) is 10.2 Å². The van der Waals surface area contributed by atoms with Crippen LogP contribution in [0.2, 0.25) is 10.0 Å². The molecule has 6 rings (SSSR count). The summed E-state index contributed by atoms with van der Waals surface area (Å²) in [7, 11) is 0. The summed E-state index contributed by atoms with van der Waals surface area (Å²) in [5.41, 5.74) is 0.677. The van der Waals surface area contributed by atoms with Crippen molar-refractivity contribution >= 4 is 45.6 Å². The number of nitrogens with one attached hydrogen (secondary N) is 1. The van der Waals surface area contributed by atoms with Crippen LogP contribution in [0.15, 0.2) is 18.2 Å². The van der Waals surface area contributed by atoms with Gasteiger partial charge in [-0.2, -0.15) is 0 Å². The normalized spacial score (nSPS) is 32.0. The first-order valence-corrected chi connectivity index (χ1v) is 10.7. The van der Waals surface area contributed by atoms with Gasteiger partial charge in [-0.3, -0.25) is 4.79 Å². The lowest BCUT2D eigenvalue weighted by atomic mass is 9.49. The van der Waals surface area contributed by atoms with E-state index in [1.165, 1.54) is 30.6 Å². The first-order valence-electron chi connectivity index (χ1n) is 9.11. The van der Waals surface area contributed by atoms with E-state index in [0.717, 1.165) is 47.6 Å². The first-order chi connectivity index (χ1) is 12.5. The molecule has 1 aromatic heterocycles. The standard InChI is InChI=1S/C19H19Cl2N3OS/c20-14-2-1-13(6-15(14)21)16-23-24-18(26-16)22-17(25)19-7-10-3-11(8-19)5-12(4-10)9-19/h1-2,6,10-12H,3-5,7-9H2,(H,22,24,25). The Morgan fingerprint density at radius 3 is 2.31 bits per heavy atom. The van der Waals surface area contributed by atoms with E-state index in [1.54, 1.807) is 12.1 Å². The molecule has 1 N–H and O–H groups in total. The molecule has 0 atom stereocenters. The highest BCUT2D eigenvalue weighted by molar-refractivity contribution is 7.18. The van der Waals surface area contributed by atoms with Crippen LogP contribution in [0.3, 0.4) is 0 Å². The third-order valence-electron chi connectivity index (χ3n) is 6.33. The fourth-order valence-electron chi connectivity index (χ4n) is 5.64. The Bertz CT molecular complexity index is 846. The average molecular weight is 408 g/mol. The van der Waals surface area contributed by atoms with E-state index >= 15 is 0 Å². The summed E-state index contributed by atoms with van der Waals surface area (Å²) in [6.07, 6.45) is 7.11. The molecule has 4 nitrogen and oxygen atoms in total. The number of carbonyl (C=O) groups excluding carboxylic acids is 1. The molecule has 4 saturated carbocycles. The van der Waals surface area contributed by atoms with Crippen molar-refractivity contribution in [3.05, 3.63) is 28.2 Å². The molecule has 0 aliphatic heterocycles. The van der Waals surface area contributed by atoms with Gasteiger partial charge in [-0.1, -0.05) is 40.6 Å². The minimum Gasteiger partial charge on any atom is -0.300 e. The number of anilines is 1. The highest BCUT2D eigenvalue weighted by atomic mass is 35.5. The Kier molecular flexibility index (Phi) is 4.03. The van der Waals surface area contributed by atoms with Gasteiger partial charge in [0.1, 0.15) is 5.01 Å². The maximum absolute atomic E-state index is 13.1. The van der Waals surface area contributed by atoms with E-state index in [0.29, 0.717) is 15.2 Å². The molecule has 4 aliphatic rings. The molecule has 1 amide bonds. The van der Waals surface area contributed by atoms with Gasteiger partial charge in [0.15, 0.2) is 0 Å². The van der Waals surface area contributed by atoms with Crippen LogP contribution in [0, 0.1) is 23.2 Å². The van der Waals surface area contributed by atoms with E-state index in [9.17, 15) is 4.79 Å². The van der Waals surface area contributed by atoms with E-state index in [1.807, 2.05) is 6.07 Å². The monoisotopic (exact) mass is 407 g/mol. The maximum atomic E-state index is 13.1. The van der Waals surface area contributed by atoms with Crippen molar-refractivity contribution in [1.29, 1.82) is 0 Å². The molecule has 1 aromatic carbocycles. The fourth-order valence-corrected chi connectivity index (χ4v) is 6.67. The zero-order chi connectivity index (χ0) is 17.9. The molecule has 1 heterocycles. The zero-order valence-corrected chi connectivity index (χ0v) is 16.5. The largest absolute Gasteiger partial charge is 0.300 e. The third-order valence-corrected chi connectivity index (χ3v) is 7.96. The zero-order valence-electron chi connectivity index (χ0n) is 14.2. The summed E-state index contributed by atoms with van der Waals surface area (Å²) < 4.78 is 0. The van der Waals surface area contributed by atoms with Crippen LogP contribution in [0.25, 0.3) is 10.6 Å². The Morgan fingerprint density at radius 2 is 1.69 bits per heavy atom. The molecule has 4 aliphatic carbocycles. The highest BCUT2D eigenvalue weighted by Crippen LogP contribution is 2.60. The third kappa shape index (κ3) is 2.85. The molecule has 4 bridgehead atoms. The second kappa shape index (κ2) is 6.18. The van der Waals surface area contributed by atoms with Crippen LogP contribution in [0.4, 0.5) is 5.13 Å². The van der Waals surface area contributed by atoms with Crippen molar-refractivity contribution in [2.24, 2.45) is 23.2 Å². The van der Waals surface area contributed by atoms with Gasteiger partial charge in [-0.15, -0.1) is 10.2 Å². The Labute approximate surface area is 166 Å². The quantitative estimate of drug-likeness (QED) is 0.712. The maximum Gasteiger partial charge on any atom is 0.232 e. The number of nitrogens with zero attached hydrogens (tertiary/aromatic N) is 2. The Hall–Kier alpha value is -1.17. The SMILES string of the molecule is O=C(Nc1nnc(-c2ccc(Cl)c(Cl)c2)s1)C12CC3CC(CC(C3)C1)C2. The van der Waals surface area contributed by atoms with Crippen LogP contribution in [-0.2, 0) is 4.79 Å². The molecule has 0 unspecified atom stereocenters. The fraction of sp³-hybridized carbons (Fsp3) is 0.526. The van der Waals surface area contributed by atoms with Crippen LogP contribution in [0.5, 0.6) is 0 Å². The summed E-state index contributed by atoms with van der Waals surface area (Å²) in [4.78, 5) is 13.1. The molecule has 7 heteroatoms. The summed E-state index contributed by atoms with van der Waals surface area (Å²) in [5.74, 6) is 2.38. The van der Waals surface area contributed by atoms with E-state index < -0.39 is 0 Å². The van der Waals surface area contributed by atoms with E-state index in [-0.39, 0.29) is 11.3 Å². The molecule has 2 aromatic rings. The van der Waals surface area contributed by atoms with Gasteiger partial charge in [0.2, 0.25) is 11.0 Å². The Morgan fingerprint density at radius 1 is 1.04 bits per heavy atom. The minimum absolute atomic E-state index is 0.147. The predicted molar refractivity (Wildman–Crippen MR) is 105 cm³/mol. The van der Waals surface area contributed by atoms with Gasteiger partial charge in [0, 0.05) is 5.56 Å². The number of amides is 1. The average Bonchev–Trinajstić information content (AvgIpc) is 3.04. The Balaban J connectivity index is 1.35. The lowest BCUT2D eigenvalue weighted by Crippen LogP contribution is -2.51. The smallest absolute Gasteiger partial charge is 0.232 e. The molecular formula is C19H19Cl2N3OS. The van der Waals surface area contributed by atoms with Crippen LogP contribution in [-0.4, -0.2) is 16.1 Å². The second-order valence-corrected chi connectivity index (χ2v) is 9.99. The molecule has 26 heavy (non-hydrogen) atoms. The number of halogens is 2. The van der Waals surface area contributed by atoms with Crippen LogP contribution >= 0.6 is 34.5 Å². The molecule has 4 fully saturated rings. The molecule has 0 radical (unpaired) electrons. The highest BCUT2D eigenvalue weighted by Gasteiger charge is 2.54. The van der Waals surface area contributed by atoms with Crippen molar-refractivity contribution in [3.63, 3.8) is 0 Å². The van der Waals surface area contributed by atoms with Crippen LogP contribution in [0.1, 0.15) is 38.5 Å². The summed E-state index contributed by atoms with van der Waals surface area (Å²) in [6.45, 7) is 0. The second-order valence-electron chi connectivity index (χ2n) is 8.19. The summed E-state index contributed by atoms with van der Waals surface area (Å²) in [5, 5.41) is 13.7. The number of hydrogen-bond donors (Lipinski definition) is 1. The van der Waals surface area contributed by atoms with Gasteiger partial charge in [-0.05, 0) is 68.4 Å². The topological polar surface area (TPSA) is 54.9 Å². The van der Waals surface area contributed by atoms with Crippen molar-refractivity contribution < 1.29 is 4.79 Å². The molecular weight excluding hydrogens is 389 g/mol. The van der Waals surface area contributed by atoms with E-state index in [2.05, 4.69) is 15.5 Å². The van der Waals surface area contributed by atoms with E-state index in [4.69, 9.17) is 23.2 Å². The number of rotatable bonds is 3. The predicted octanol–water partition coefficient (Wildman–Crippen LogP) is 5.67. The number of aromatic nitrogens is 2. The van der Waals surface area contributed by atoms with Gasteiger partial charge in [0.05, 0.1) is 15.5 Å². The number of benzene rings is 1. The first kappa shape index (κ1) is 17.0. The van der Waals surface area contributed by atoms with Gasteiger partial charge >= 0.3 is 0 Å². The lowest BCUT2D eigenvalue weighted by Gasteiger charge is -2.55. The van der Waals surface area contributed by atoms with Gasteiger partial charge in [0.25, 0.3) is 0 Å². The van der Waals surface area contributed by atoms with Gasteiger partial charge < -0.3 is 5.32 Å². The number of carbonyl (C=O) groups is 1. The van der Waals surface area contributed by atoms with Crippen molar-refractivity contribution in [3.8, 4) is 10.6 Å². The van der Waals surface area contributed by atoms with Gasteiger partial charge in [-0.25, -0.2) is 0 Å².